The van der Waals surface area contributed by atoms with Crippen molar-refractivity contribution in [2.24, 2.45) is 23.7 Å². The minimum atomic E-state index is -0.954. The monoisotopic (exact) mass is 284 g/mol. The number of urea groups is 1. The van der Waals surface area contributed by atoms with E-state index in [4.69, 9.17) is 5.11 Å². The van der Waals surface area contributed by atoms with Crippen molar-refractivity contribution in [3.63, 3.8) is 0 Å². The highest BCUT2D eigenvalue weighted by Gasteiger charge is 2.28. The van der Waals surface area contributed by atoms with Crippen LogP contribution in [0.25, 0.3) is 0 Å². The number of aliphatic carboxylic acids is 1. The number of carbonyl (C=O) groups is 2. The number of carboxylic acids is 1. The molecule has 0 unspecified atom stereocenters. The molecule has 2 N–H and O–H groups in total. The number of hydrogen-bond acceptors (Lipinski definition) is 2. The van der Waals surface area contributed by atoms with Gasteiger partial charge in [-0.3, -0.25) is 4.79 Å². The third kappa shape index (κ3) is 5.80. The molecule has 0 atom stereocenters. The molecule has 1 saturated carbocycles. The van der Waals surface area contributed by atoms with Crippen molar-refractivity contribution in [2.45, 2.75) is 40.5 Å². The van der Waals surface area contributed by atoms with Crippen LogP contribution in [-0.2, 0) is 4.79 Å². The van der Waals surface area contributed by atoms with Crippen LogP contribution in [0.5, 0.6) is 0 Å². The maximum Gasteiger partial charge on any atom is 0.323 e. The van der Waals surface area contributed by atoms with Crippen LogP contribution in [0.4, 0.5) is 4.79 Å². The van der Waals surface area contributed by atoms with Crippen molar-refractivity contribution in [3.8, 4) is 0 Å². The summed E-state index contributed by atoms with van der Waals surface area (Å²) in [5.41, 5.74) is 0. The molecule has 2 amide bonds. The molecule has 0 aliphatic heterocycles. The summed E-state index contributed by atoms with van der Waals surface area (Å²) in [5.74, 6) is 0.932. The first-order chi connectivity index (χ1) is 9.31. The summed E-state index contributed by atoms with van der Waals surface area (Å²) in [6.07, 6.45) is 2.20. The van der Waals surface area contributed by atoms with E-state index >= 15 is 0 Å². The first-order valence-electron chi connectivity index (χ1n) is 7.55. The highest BCUT2D eigenvalue weighted by molar-refractivity contribution is 5.80. The molecule has 0 aromatic rings. The fraction of sp³-hybridized carbons (Fsp3) is 0.867. The number of hydrogen-bond donors (Lipinski definition) is 2. The molecular weight excluding hydrogens is 256 g/mol. The number of carboxylic acid groups (broad SMARTS) is 1. The summed E-state index contributed by atoms with van der Waals surface area (Å²) in [6, 6.07) is -0.245. The van der Waals surface area contributed by atoms with E-state index in [1.165, 1.54) is 4.90 Å². The Morgan fingerprint density at radius 1 is 1.20 bits per heavy atom. The summed E-state index contributed by atoms with van der Waals surface area (Å²) >= 11 is 0. The van der Waals surface area contributed by atoms with Gasteiger partial charge in [0.05, 0.1) is 0 Å². The van der Waals surface area contributed by atoms with Gasteiger partial charge in [-0.05, 0) is 36.5 Å². The lowest BCUT2D eigenvalue weighted by atomic mass is 9.85. The van der Waals surface area contributed by atoms with Crippen LogP contribution in [0.2, 0.25) is 0 Å². The Balaban J connectivity index is 2.49. The molecule has 1 rings (SSSR count). The number of rotatable bonds is 8. The second kappa shape index (κ2) is 7.50. The van der Waals surface area contributed by atoms with Crippen LogP contribution >= 0.6 is 0 Å². The second-order valence-corrected chi connectivity index (χ2v) is 6.56. The molecule has 0 radical (unpaired) electrons. The minimum Gasteiger partial charge on any atom is -0.480 e. The largest absolute Gasteiger partial charge is 0.480 e. The maximum absolute atomic E-state index is 12.1. The van der Waals surface area contributed by atoms with Crippen molar-refractivity contribution >= 4 is 12.0 Å². The zero-order valence-electron chi connectivity index (χ0n) is 13.1. The van der Waals surface area contributed by atoms with Crippen molar-refractivity contribution in [3.05, 3.63) is 0 Å². The average Bonchev–Trinajstić information content (AvgIpc) is 3.10. The van der Waals surface area contributed by atoms with Gasteiger partial charge in [0.15, 0.2) is 0 Å². The summed E-state index contributed by atoms with van der Waals surface area (Å²) in [6.45, 7) is 9.55. The van der Waals surface area contributed by atoms with E-state index in [9.17, 15) is 9.59 Å². The predicted octanol–water partition coefficient (Wildman–Crippen LogP) is 2.42. The van der Waals surface area contributed by atoms with Gasteiger partial charge in [0.2, 0.25) is 0 Å². The molecule has 0 aromatic heterocycles. The van der Waals surface area contributed by atoms with Crippen LogP contribution < -0.4 is 5.32 Å². The van der Waals surface area contributed by atoms with E-state index in [0.29, 0.717) is 36.8 Å². The Morgan fingerprint density at radius 3 is 2.15 bits per heavy atom. The van der Waals surface area contributed by atoms with E-state index in [1.807, 2.05) is 0 Å². The van der Waals surface area contributed by atoms with Crippen LogP contribution in [0, 0.1) is 23.7 Å². The topological polar surface area (TPSA) is 69.6 Å². The molecule has 0 spiro atoms. The zero-order valence-corrected chi connectivity index (χ0v) is 13.1. The highest BCUT2D eigenvalue weighted by Crippen LogP contribution is 2.29. The fourth-order valence-corrected chi connectivity index (χ4v) is 2.55. The highest BCUT2D eigenvalue weighted by atomic mass is 16.4. The number of nitrogens with one attached hydrogen (secondary N) is 1. The summed E-state index contributed by atoms with van der Waals surface area (Å²) in [5, 5.41) is 11.8. The van der Waals surface area contributed by atoms with Gasteiger partial charge in [0.1, 0.15) is 6.54 Å². The second-order valence-electron chi connectivity index (χ2n) is 6.56. The van der Waals surface area contributed by atoms with Gasteiger partial charge in [0, 0.05) is 13.1 Å². The molecule has 20 heavy (non-hydrogen) atoms. The minimum absolute atomic E-state index is 0.212. The summed E-state index contributed by atoms with van der Waals surface area (Å²) in [4.78, 5) is 24.4. The number of carbonyl (C=O) groups excluding carboxylic acids is 1. The molecule has 116 valence electrons. The number of nitrogens with zero attached hydrogens (tertiary/aromatic N) is 1. The number of amides is 2. The Bertz CT molecular complexity index is 330. The smallest absolute Gasteiger partial charge is 0.323 e. The zero-order chi connectivity index (χ0) is 15.3. The Labute approximate surface area is 121 Å². The lowest BCUT2D eigenvalue weighted by Gasteiger charge is -2.27. The van der Waals surface area contributed by atoms with Crippen LogP contribution in [0.15, 0.2) is 0 Å². The average molecular weight is 284 g/mol. The third-order valence-electron chi connectivity index (χ3n) is 3.99. The van der Waals surface area contributed by atoms with Gasteiger partial charge in [-0.2, -0.15) is 0 Å². The predicted molar refractivity (Wildman–Crippen MR) is 78.5 cm³/mol. The lowest BCUT2D eigenvalue weighted by molar-refractivity contribution is -0.137. The van der Waals surface area contributed by atoms with Crippen LogP contribution in [0.3, 0.4) is 0 Å². The molecule has 0 aromatic carbocycles. The van der Waals surface area contributed by atoms with Crippen LogP contribution in [0.1, 0.15) is 40.5 Å². The Kier molecular flexibility index (Phi) is 6.30. The van der Waals surface area contributed by atoms with E-state index in [1.54, 1.807) is 0 Å². The van der Waals surface area contributed by atoms with Crippen molar-refractivity contribution in [2.75, 3.05) is 19.6 Å². The molecule has 5 nitrogen and oxygen atoms in total. The molecule has 1 aliphatic carbocycles. The first kappa shape index (κ1) is 16.8. The van der Waals surface area contributed by atoms with Crippen molar-refractivity contribution in [1.29, 1.82) is 0 Å². The SMILES string of the molecule is CC(C)C(CNC(=O)N(CC(=O)O)CC1CC1)C(C)C. The molecule has 5 heteroatoms. The normalized spacial score (nSPS) is 14.9. The summed E-state index contributed by atoms with van der Waals surface area (Å²) in [7, 11) is 0. The molecular formula is C15H28N2O3. The molecule has 0 heterocycles. The van der Waals surface area contributed by atoms with Crippen LogP contribution in [-0.4, -0.2) is 41.6 Å². The Morgan fingerprint density at radius 2 is 1.75 bits per heavy atom. The maximum atomic E-state index is 12.1. The molecule has 1 aliphatic rings. The van der Waals surface area contributed by atoms with E-state index in [2.05, 4.69) is 33.0 Å². The summed E-state index contributed by atoms with van der Waals surface area (Å²) < 4.78 is 0. The van der Waals surface area contributed by atoms with Crippen molar-refractivity contribution in [1.82, 2.24) is 10.2 Å². The Hall–Kier alpha value is -1.26. The molecule has 0 saturated heterocycles. The van der Waals surface area contributed by atoms with Gasteiger partial charge in [0.25, 0.3) is 0 Å². The van der Waals surface area contributed by atoms with E-state index < -0.39 is 5.97 Å². The lowest BCUT2D eigenvalue weighted by Crippen LogP contribution is -2.46. The standard InChI is InChI=1S/C15H28N2O3/c1-10(2)13(11(3)4)7-16-15(20)17(9-14(18)19)8-12-5-6-12/h10-13H,5-9H2,1-4H3,(H,16,20)(H,18,19). The van der Waals surface area contributed by atoms with E-state index in [-0.39, 0.29) is 12.6 Å². The molecule has 1 fully saturated rings. The van der Waals surface area contributed by atoms with Gasteiger partial charge >= 0.3 is 12.0 Å². The van der Waals surface area contributed by atoms with Gasteiger partial charge in [-0.25, -0.2) is 4.79 Å². The van der Waals surface area contributed by atoms with Gasteiger partial charge in [-0.1, -0.05) is 27.7 Å². The quantitative estimate of drug-likeness (QED) is 0.719. The van der Waals surface area contributed by atoms with E-state index in [0.717, 1.165) is 12.8 Å². The van der Waals surface area contributed by atoms with Crippen molar-refractivity contribution < 1.29 is 14.7 Å². The van der Waals surface area contributed by atoms with Gasteiger partial charge < -0.3 is 15.3 Å². The molecule has 0 bridgehead atoms. The fourth-order valence-electron chi connectivity index (χ4n) is 2.55. The third-order valence-corrected chi connectivity index (χ3v) is 3.99. The van der Waals surface area contributed by atoms with Gasteiger partial charge in [-0.15, -0.1) is 0 Å². The first-order valence-corrected chi connectivity index (χ1v) is 7.55.